The quantitative estimate of drug-likeness (QED) is 0.657. The van der Waals surface area contributed by atoms with E-state index >= 15 is 0 Å². The minimum absolute atomic E-state index is 0.275. The van der Waals surface area contributed by atoms with E-state index < -0.39 is 12.1 Å². The van der Waals surface area contributed by atoms with Gasteiger partial charge in [0.25, 0.3) is 11.8 Å². The highest BCUT2D eigenvalue weighted by Crippen LogP contribution is 2.26. The topological polar surface area (TPSA) is 68.5 Å². The number of carbonyl (C=O) groups is 1. The van der Waals surface area contributed by atoms with Crippen molar-refractivity contribution in [2.45, 2.75) is 13.0 Å². The summed E-state index contributed by atoms with van der Waals surface area (Å²) in [6.07, 6.45) is -0.618. The molecule has 2 aromatic heterocycles. The van der Waals surface area contributed by atoms with Gasteiger partial charge in [-0.3, -0.25) is 0 Å². The number of thiophene rings is 1. The molecule has 6 nitrogen and oxygen atoms in total. The smallest absolute Gasteiger partial charge is 0.338 e. The van der Waals surface area contributed by atoms with Gasteiger partial charge in [0.1, 0.15) is 0 Å². The van der Waals surface area contributed by atoms with Crippen LogP contribution in [-0.2, 0) is 4.74 Å². The molecule has 1 aromatic carbocycles. The molecule has 0 aliphatic carbocycles. The normalized spacial score (nSPS) is 12.0. The van der Waals surface area contributed by atoms with Crippen LogP contribution in [0.15, 0.2) is 46.2 Å². The Hall–Kier alpha value is -2.67. The van der Waals surface area contributed by atoms with Gasteiger partial charge in [-0.05, 0) is 42.6 Å². The molecule has 0 unspecified atom stereocenters. The average Bonchev–Trinajstić information content (AvgIpc) is 3.26. The van der Waals surface area contributed by atoms with Crippen molar-refractivity contribution in [1.82, 2.24) is 10.2 Å². The zero-order chi connectivity index (χ0) is 17.1. The molecule has 0 aliphatic heterocycles. The van der Waals surface area contributed by atoms with E-state index in [1.807, 2.05) is 48.6 Å². The summed E-state index contributed by atoms with van der Waals surface area (Å²) in [5.41, 5.74) is 1.49. The second kappa shape index (κ2) is 6.84. The lowest BCUT2D eigenvalue weighted by Crippen LogP contribution is -2.11. The lowest BCUT2D eigenvalue weighted by Gasteiger charge is -2.13. The molecule has 124 valence electrons. The molecule has 2 heterocycles. The van der Waals surface area contributed by atoms with E-state index in [-0.39, 0.29) is 5.89 Å². The van der Waals surface area contributed by atoms with E-state index in [1.54, 1.807) is 19.1 Å². The molecule has 7 heteroatoms. The summed E-state index contributed by atoms with van der Waals surface area (Å²) in [6, 6.07) is 11.0. The summed E-state index contributed by atoms with van der Waals surface area (Å²) >= 11 is 1.51. The second-order valence-corrected chi connectivity index (χ2v) is 6.36. The van der Waals surface area contributed by atoms with Gasteiger partial charge in [-0.2, -0.15) is 0 Å². The number of rotatable bonds is 5. The number of nitrogens with zero attached hydrogens (tertiary/aromatic N) is 3. The van der Waals surface area contributed by atoms with Gasteiger partial charge in [0, 0.05) is 19.8 Å². The summed E-state index contributed by atoms with van der Waals surface area (Å²) in [7, 11) is 3.88. The van der Waals surface area contributed by atoms with Crippen molar-refractivity contribution in [3.8, 4) is 10.8 Å². The Labute approximate surface area is 143 Å². The highest BCUT2D eigenvalue weighted by atomic mass is 32.1. The number of benzene rings is 1. The molecule has 0 spiro atoms. The van der Waals surface area contributed by atoms with Crippen molar-refractivity contribution >= 4 is 23.0 Å². The number of ether oxygens (including phenoxy) is 1. The van der Waals surface area contributed by atoms with Crippen molar-refractivity contribution in [2.75, 3.05) is 19.0 Å². The number of hydrogen-bond donors (Lipinski definition) is 0. The standard InChI is InChI=1S/C17H17N3O3S/c1-11(15-18-19-16(23-15)14-5-4-10-24-14)22-17(21)12-6-8-13(9-7-12)20(2)3/h4-11H,1-3H3/t11-/m0/s1. The fourth-order valence-electron chi connectivity index (χ4n) is 2.07. The fraction of sp³-hybridized carbons (Fsp3) is 0.235. The summed E-state index contributed by atoms with van der Waals surface area (Å²) in [5, 5.41) is 9.88. The highest BCUT2D eigenvalue weighted by molar-refractivity contribution is 7.13. The summed E-state index contributed by atoms with van der Waals surface area (Å²) < 4.78 is 11.0. The van der Waals surface area contributed by atoms with Crippen LogP contribution < -0.4 is 4.90 Å². The van der Waals surface area contributed by atoms with Crippen LogP contribution in [0.4, 0.5) is 5.69 Å². The predicted molar refractivity (Wildman–Crippen MR) is 92.2 cm³/mol. The average molecular weight is 343 g/mol. The molecule has 3 rings (SSSR count). The van der Waals surface area contributed by atoms with E-state index in [9.17, 15) is 4.79 Å². The zero-order valence-corrected chi connectivity index (χ0v) is 14.4. The molecule has 1 atom stereocenters. The third kappa shape index (κ3) is 3.46. The molecule has 0 bridgehead atoms. The van der Waals surface area contributed by atoms with Crippen LogP contribution in [0, 0.1) is 0 Å². The first-order chi connectivity index (χ1) is 11.5. The Balaban J connectivity index is 1.68. The largest absolute Gasteiger partial charge is 0.449 e. The van der Waals surface area contributed by atoms with Gasteiger partial charge in [0.2, 0.25) is 0 Å². The number of anilines is 1. The van der Waals surface area contributed by atoms with Crippen molar-refractivity contribution in [3.63, 3.8) is 0 Å². The SMILES string of the molecule is C[C@H](OC(=O)c1ccc(N(C)C)cc1)c1nnc(-c2cccs2)o1. The van der Waals surface area contributed by atoms with Gasteiger partial charge >= 0.3 is 5.97 Å². The first-order valence-electron chi connectivity index (χ1n) is 7.40. The Morgan fingerprint density at radius 1 is 1.21 bits per heavy atom. The summed E-state index contributed by atoms with van der Waals surface area (Å²) in [5.74, 6) is 0.276. The minimum atomic E-state index is -0.618. The van der Waals surface area contributed by atoms with Crippen molar-refractivity contribution < 1.29 is 13.9 Å². The molecule has 3 aromatic rings. The first-order valence-corrected chi connectivity index (χ1v) is 8.28. The highest BCUT2D eigenvalue weighted by Gasteiger charge is 2.20. The van der Waals surface area contributed by atoms with Crippen molar-refractivity contribution in [2.24, 2.45) is 0 Å². The molecule has 0 fully saturated rings. The van der Waals surface area contributed by atoms with E-state index in [4.69, 9.17) is 9.15 Å². The van der Waals surface area contributed by atoms with Crippen LogP contribution in [0.2, 0.25) is 0 Å². The minimum Gasteiger partial charge on any atom is -0.449 e. The molecular formula is C17H17N3O3S. The maximum absolute atomic E-state index is 12.2. The van der Waals surface area contributed by atoms with Crippen molar-refractivity contribution in [1.29, 1.82) is 0 Å². The maximum atomic E-state index is 12.2. The predicted octanol–water partition coefficient (Wildman–Crippen LogP) is 3.78. The van der Waals surface area contributed by atoms with Gasteiger partial charge in [-0.15, -0.1) is 21.5 Å². The van der Waals surface area contributed by atoms with Crippen LogP contribution in [0.25, 0.3) is 10.8 Å². The molecular weight excluding hydrogens is 326 g/mol. The first kappa shape index (κ1) is 16.2. The fourth-order valence-corrected chi connectivity index (χ4v) is 2.72. The Morgan fingerprint density at radius 3 is 2.58 bits per heavy atom. The summed E-state index contributed by atoms with van der Waals surface area (Å²) in [6.45, 7) is 1.71. The summed E-state index contributed by atoms with van der Waals surface area (Å²) in [4.78, 5) is 15.1. The van der Waals surface area contributed by atoms with Crippen LogP contribution >= 0.6 is 11.3 Å². The van der Waals surface area contributed by atoms with Crippen molar-refractivity contribution in [3.05, 3.63) is 53.2 Å². The van der Waals surface area contributed by atoms with Gasteiger partial charge in [0.15, 0.2) is 6.10 Å². The van der Waals surface area contributed by atoms with Gasteiger partial charge < -0.3 is 14.1 Å². The number of aromatic nitrogens is 2. The Bertz CT molecular complexity index is 810. The van der Waals surface area contributed by atoms with Crippen LogP contribution in [0.1, 0.15) is 29.3 Å². The monoisotopic (exact) mass is 343 g/mol. The molecule has 0 radical (unpaired) electrons. The third-order valence-corrected chi connectivity index (χ3v) is 4.28. The van der Waals surface area contributed by atoms with Gasteiger partial charge in [-0.25, -0.2) is 4.79 Å². The second-order valence-electron chi connectivity index (χ2n) is 5.41. The van der Waals surface area contributed by atoms with E-state index in [1.165, 1.54) is 11.3 Å². The van der Waals surface area contributed by atoms with Crippen LogP contribution in [0.3, 0.4) is 0 Å². The molecule has 0 N–H and O–H groups in total. The Kier molecular flexibility index (Phi) is 4.61. The number of carbonyl (C=O) groups excluding carboxylic acids is 1. The van der Waals surface area contributed by atoms with E-state index in [0.717, 1.165) is 10.6 Å². The van der Waals surface area contributed by atoms with Crippen LogP contribution in [-0.4, -0.2) is 30.3 Å². The lowest BCUT2D eigenvalue weighted by atomic mass is 10.2. The number of hydrogen-bond acceptors (Lipinski definition) is 7. The molecule has 0 amide bonds. The third-order valence-electron chi connectivity index (χ3n) is 3.42. The zero-order valence-electron chi connectivity index (χ0n) is 13.6. The van der Waals surface area contributed by atoms with E-state index in [2.05, 4.69) is 10.2 Å². The molecule has 24 heavy (non-hydrogen) atoms. The lowest BCUT2D eigenvalue weighted by molar-refractivity contribution is 0.0280. The van der Waals surface area contributed by atoms with E-state index in [0.29, 0.717) is 11.5 Å². The van der Waals surface area contributed by atoms with Gasteiger partial charge in [0.05, 0.1) is 10.4 Å². The molecule has 0 aliphatic rings. The number of esters is 1. The molecule has 0 saturated carbocycles. The molecule has 0 saturated heterocycles. The maximum Gasteiger partial charge on any atom is 0.338 e. The van der Waals surface area contributed by atoms with Gasteiger partial charge in [-0.1, -0.05) is 6.07 Å². The Morgan fingerprint density at radius 2 is 1.96 bits per heavy atom. The van der Waals surface area contributed by atoms with Crippen LogP contribution in [0.5, 0.6) is 0 Å².